The second kappa shape index (κ2) is 19.2. The summed E-state index contributed by atoms with van der Waals surface area (Å²) in [5, 5.41) is 134. The van der Waals surface area contributed by atoms with Crippen molar-refractivity contribution in [2.75, 3.05) is 19.8 Å². The lowest BCUT2D eigenvalue weighted by atomic mass is 9.98. The molecule has 7 rings (SSSR count). The molecule has 13 N–H and O–H groups in total. The van der Waals surface area contributed by atoms with Gasteiger partial charge < -0.3 is 104 Å². The second-order valence-corrected chi connectivity index (χ2v) is 14.9. The molecule has 0 spiro atoms. The molecule has 0 unspecified atom stereocenters. The van der Waals surface area contributed by atoms with Gasteiger partial charge in [-0.05, 0) is 48.0 Å². The number of esters is 1. The molecule has 3 fully saturated rings. The zero-order chi connectivity index (χ0) is 46.1. The van der Waals surface area contributed by atoms with E-state index in [4.69, 9.17) is 37.6 Å². The molecule has 14 atom stereocenters. The van der Waals surface area contributed by atoms with Crippen LogP contribution in [-0.4, -0.2) is 178 Å². The first-order valence-electron chi connectivity index (χ1n) is 19.4. The van der Waals surface area contributed by atoms with Crippen molar-refractivity contribution in [1.29, 1.82) is 0 Å². The van der Waals surface area contributed by atoms with E-state index in [1.807, 2.05) is 0 Å². The van der Waals surface area contributed by atoms with Gasteiger partial charge in [-0.1, -0.05) is 6.07 Å². The van der Waals surface area contributed by atoms with Crippen molar-refractivity contribution in [3.8, 4) is 45.8 Å². The number of rotatable bonds is 12. The number of hydrogen-bond acceptors (Lipinski definition) is 23. The third kappa shape index (κ3) is 9.43. The van der Waals surface area contributed by atoms with Crippen molar-refractivity contribution in [3.63, 3.8) is 0 Å². The maximum absolute atomic E-state index is 14.4. The van der Waals surface area contributed by atoms with Crippen LogP contribution in [0.3, 0.4) is 0 Å². The average molecular weight is 905 g/mol. The molecular weight excluding hydrogens is 860 g/mol. The molecule has 0 amide bonds. The summed E-state index contributed by atoms with van der Waals surface area (Å²) in [6.45, 7) is -2.30. The first-order chi connectivity index (χ1) is 30.5. The fraction of sp³-hybridized carbons (Fsp3) is 0.415. The van der Waals surface area contributed by atoms with E-state index in [1.54, 1.807) is 0 Å². The molecule has 23 nitrogen and oxygen atoms in total. The van der Waals surface area contributed by atoms with Gasteiger partial charge in [0, 0.05) is 23.8 Å². The first-order valence-corrected chi connectivity index (χ1v) is 19.4. The summed E-state index contributed by atoms with van der Waals surface area (Å²) in [6.07, 6.45) is -23.2. The SMILES string of the molecule is O=C(/C=C/c1ccc(O)c(O)c1)O[C@H]1[C@H](O[C@H]2[C@H](Oc3c(-c4ccc(O)cc4)oc4cc(O[C@@H]5O[C@H](CO)[C@@H](O)[C@H](O)[C@H]5O)cc(O)c4c3=O)OC[C@H](O)[C@@H]2O)O[C@H](CO)[C@@H](O)[C@@H]1O. The van der Waals surface area contributed by atoms with E-state index in [2.05, 4.69) is 0 Å². The number of carbonyl (C=O) groups is 1. The van der Waals surface area contributed by atoms with Crippen molar-refractivity contribution < 1.29 is 109 Å². The third-order valence-electron chi connectivity index (χ3n) is 10.6. The minimum Gasteiger partial charge on any atom is -0.508 e. The van der Waals surface area contributed by atoms with E-state index in [0.717, 1.165) is 30.3 Å². The molecule has 3 aromatic carbocycles. The van der Waals surface area contributed by atoms with Gasteiger partial charge in [0.25, 0.3) is 0 Å². The van der Waals surface area contributed by atoms with Gasteiger partial charge in [0.15, 0.2) is 35.8 Å². The van der Waals surface area contributed by atoms with Crippen LogP contribution < -0.4 is 14.9 Å². The maximum atomic E-state index is 14.4. The smallest absolute Gasteiger partial charge is 0.331 e. The van der Waals surface area contributed by atoms with Crippen molar-refractivity contribution in [1.82, 2.24) is 0 Å². The van der Waals surface area contributed by atoms with Gasteiger partial charge in [-0.15, -0.1) is 0 Å². The zero-order valence-electron chi connectivity index (χ0n) is 33.0. The number of carbonyl (C=O) groups excluding carboxylic acids is 1. The number of fused-ring (bicyclic) bond motifs is 1. The fourth-order valence-electron chi connectivity index (χ4n) is 7.09. The van der Waals surface area contributed by atoms with E-state index in [0.29, 0.717) is 0 Å². The lowest BCUT2D eigenvalue weighted by Gasteiger charge is -2.45. The molecule has 0 radical (unpaired) electrons. The van der Waals surface area contributed by atoms with Gasteiger partial charge >= 0.3 is 5.97 Å². The summed E-state index contributed by atoms with van der Waals surface area (Å²) >= 11 is 0. The molecule has 3 saturated heterocycles. The second-order valence-electron chi connectivity index (χ2n) is 14.9. The predicted molar refractivity (Wildman–Crippen MR) is 209 cm³/mol. The minimum absolute atomic E-state index is 0.0708. The Morgan fingerprint density at radius 3 is 2.03 bits per heavy atom. The number of ether oxygens (including phenoxy) is 7. The van der Waals surface area contributed by atoms with Crippen LogP contribution in [0.4, 0.5) is 0 Å². The highest BCUT2D eigenvalue weighted by atomic mass is 16.8. The topological polar surface area (TPSA) is 375 Å². The van der Waals surface area contributed by atoms with E-state index in [9.17, 15) is 76.0 Å². The van der Waals surface area contributed by atoms with Gasteiger partial charge in [-0.25, -0.2) is 4.79 Å². The Hall–Kier alpha value is -5.64. The Kier molecular flexibility index (Phi) is 13.9. The summed E-state index contributed by atoms with van der Waals surface area (Å²) in [5.74, 6) is -4.47. The van der Waals surface area contributed by atoms with Crippen molar-refractivity contribution in [3.05, 3.63) is 76.5 Å². The number of aliphatic hydroxyl groups excluding tert-OH is 9. The van der Waals surface area contributed by atoms with Crippen LogP contribution in [0.1, 0.15) is 5.56 Å². The predicted octanol–water partition coefficient (Wildman–Crippen LogP) is -2.63. The molecule has 4 heterocycles. The average Bonchev–Trinajstić information content (AvgIpc) is 3.27. The molecule has 23 heteroatoms. The Balaban J connectivity index is 1.22. The normalized spacial score (nSPS) is 32.1. The summed E-state index contributed by atoms with van der Waals surface area (Å²) in [5.41, 5.74) is -1.15. The van der Waals surface area contributed by atoms with E-state index in [1.165, 1.54) is 36.4 Å². The number of hydrogen-bond donors (Lipinski definition) is 13. The van der Waals surface area contributed by atoms with Crippen LogP contribution in [0.25, 0.3) is 28.4 Å². The van der Waals surface area contributed by atoms with Crippen molar-refractivity contribution in [2.24, 2.45) is 0 Å². The minimum atomic E-state index is -2.01. The van der Waals surface area contributed by atoms with Crippen LogP contribution in [-0.2, 0) is 28.5 Å². The van der Waals surface area contributed by atoms with Crippen LogP contribution >= 0.6 is 0 Å². The summed E-state index contributed by atoms with van der Waals surface area (Å²) in [6, 6.07) is 10.7. The number of phenolic OH excluding ortho intramolecular Hbond substituents is 4. The quantitative estimate of drug-likeness (QED) is 0.0393. The summed E-state index contributed by atoms with van der Waals surface area (Å²) in [4.78, 5) is 27.4. The van der Waals surface area contributed by atoms with Gasteiger partial charge in [0.2, 0.25) is 23.8 Å². The summed E-state index contributed by atoms with van der Waals surface area (Å²) < 4.78 is 45.8. The Morgan fingerprint density at radius 1 is 0.688 bits per heavy atom. The van der Waals surface area contributed by atoms with Gasteiger partial charge in [-0.2, -0.15) is 0 Å². The zero-order valence-corrected chi connectivity index (χ0v) is 33.0. The molecule has 3 aliphatic rings. The molecule has 1 aromatic heterocycles. The van der Waals surface area contributed by atoms with Crippen molar-refractivity contribution >= 4 is 23.0 Å². The summed E-state index contributed by atoms with van der Waals surface area (Å²) in [7, 11) is 0. The largest absolute Gasteiger partial charge is 0.508 e. The highest BCUT2D eigenvalue weighted by Gasteiger charge is 2.52. The molecule has 0 bridgehead atoms. The van der Waals surface area contributed by atoms with Crippen LogP contribution in [0.2, 0.25) is 0 Å². The molecule has 0 saturated carbocycles. The first kappa shape index (κ1) is 46.4. The lowest BCUT2D eigenvalue weighted by Crippen LogP contribution is -2.64. The van der Waals surface area contributed by atoms with Crippen LogP contribution in [0, 0.1) is 0 Å². The molecule has 0 aliphatic carbocycles. The number of aromatic hydroxyl groups is 4. The fourth-order valence-corrected chi connectivity index (χ4v) is 7.09. The third-order valence-corrected chi connectivity index (χ3v) is 10.6. The van der Waals surface area contributed by atoms with Crippen LogP contribution in [0.5, 0.6) is 34.5 Å². The van der Waals surface area contributed by atoms with Crippen molar-refractivity contribution in [2.45, 2.75) is 86.0 Å². The lowest BCUT2D eigenvalue weighted by molar-refractivity contribution is -0.349. The monoisotopic (exact) mass is 904 g/mol. The van der Waals surface area contributed by atoms with E-state index >= 15 is 0 Å². The van der Waals surface area contributed by atoms with E-state index in [-0.39, 0.29) is 28.2 Å². The molecule has 3 aliphatic heterocycles. The van der Waals surface area contributed by atoms with Gasteiger partial charge in [0.1, 0.15) is 83.2 Å². The molecular formula is C41H44O23. The Morgan fingerprint density at radius 2 is 1.36 bits per heavy atom. The van der Waals surface area contributed by atoms with Gasteiger partial charge in [-0.3, -0.25) is 4.79 Å². The maximum Gasteiger partial charge on any atom is 0.331 e. The number of phenols is 4. The standard InChI is InChI=1S/C41H44O23/c42-12-24-29(51)32(54)34(56)39(60-24)58-18-10-21(47)27-23(11-18)59-35(16-3-5-17(44)6-4-16)36(31(27)53)63-40-37(28(50)22(48)14-57-40)64-41-38(33(55)30(52)25(13-43)61-41)62-26(49)8-2-15-1-7-19(45)20(46)9-15/h1-11,22,24-25,28-30,32-34,37-48,50-52,54-56H,12-14H2/b8-2+/t22-,24+,25+,28-,29+,30+,32-,33-,34+,37+,38+,39+,40-,41-/m0/s1. The number of benzene rings is 3. The number of aliphatic hydroxyl groups is 9. The highest BCUT2D eigenvalue weighted by molar-refractivity contribution is 5.89. The molecule has 4 aromatic rings. The Bertz CT molecular complexity index is 2370. The highest BCUT2D eigenvalue weighted by Crippen LogP contribution is 2.39. The Labute approximate surface area is 359 Å². The molecule has 64 heavy (non-hydrogen) atoms. The van der Waals surface area contributed by atoms with E-state index < -0.39 is 151 Å². The van der Waals surface area contributed by atoms with Crippen LogP contribution in [0.15, 0.2) is 69.9 Å². The van der Waals surface area contributed by atoms with Gasteiger partial charge in [0.05, 0.1) is 19.8 Å². The molecule has 346 valence electrons.